The van der Waals surface area contributed by atoms with Crippen LogP contribution in [0.25, 0.3) is 0 Å². The Labute approximate surface area is 448 Å². The number of thioether (sulfide) groups is 2. The smallest absolute Gasteiger partial charge is 0.409 e. The van der Waals surface area contributed by atoms with Gasteiger partial charge in [0.25, 0.3) is 0 Å². The molecule has 4 bridgehead atoms. The summed E-state index contributed by atoms with van der Waals surface area (Å²) < 4.78 is 24.1. The minimum absolute atomic E-state index is 0. The van der Waals surface area contributed by atoms with Crippen LogP contribution in [0.2, 0.25) is 5.02 Å². The number of allylic oxidation sites excluding steroid dienone is 3. The third-order valence-corrected chi connectivity index (χ3v) is 17.4. The zero-order valence-corrected chi connectivity index (χ0v) is 45.9. The highest BCUT2D eigenvalue weighted by Crippen LogP contribution is 2.52. The molecular formula is C55H79ClN4O11S2. The van der Waals surface area contributed by atoms with Gasteiger partial charge in [-0.25, -0.2) is 4.79 Å². The minimum atomic E-state index is -1.63. The molecule has 5 amide bonds. The van der Waals surface area contributed by atoms with E-state index in [1.165, 1.54) is 45.3 Å². The average molecular weight is 1070 g/mol. The lowest BCUT2D eigenvalue weighted by molar-refractivity contribution is -0.139. The number of benzene rings is 1. The van der Waals surface area contributed by atoms with Crippen LogP contribution in [0.15, 0.2) is 35.9 Å². The van der Waals surface area contributed by atoms with Crippen molar-refractivity contribution in [1.82, 2.24) is 15.1 Å². The number of epoxide rings is 1. The van der Waals surface area contributed by atoms with E-state index in [2.05, 4.69) is 10.6 Å². The molecule has 6 rings (SSSR count). The van der Waals surface area contributed by atoms with E-state index in [-0.39, 0.29) is 97.3 Å². The van der Waals surface area contributed by atoms with Crippen molar-refractivity contribution in [2.75, 3.05) is 44.2 Å². The Hall–Kier alpha value is -4.34. The number of ether oxygens (including phenoxy) is 3. The number of carbonyl (C=O) groups excluding carboxylic acids is 7. The van der Waals surface area contributed by atoms with Crippen molar-refractivity contribution in [1.29, 1.82) is 0 Å². The fourth-order valence-corrected chi connectivity index (χ4v) is 11.9. The number of likely N-dealkylation sites (tertiary alicyclic amines) is 1. The summed E-state index contributed by atoms with van der Waals surface area (Å²) in [7, 11) is 4.68. The van der Waals surface area contributed by atoms with Crippen LogP contribution in [0, 0.1) is 41.2 Å². The van der Waals surface area contributed by atoms with E-state index < -0.39 is 58.7 Å². The highest BCUT2D eigenvalue weighted by Gasteiger charge is 2.63. The van der Waals surface area contributed by atoms with Crippen LogP contribution >= 0.6 is 35.1 Å². The minimum Gasteiger partial charge on any atom is -0.495 e. The molecule has 15 nitrogen and oxygen atoms in total. The predicted molar refractivity (Wildman–Crippen MR) is 289 cm³/mol. The molecule has 5 aliphatic rings. The maximum atomic E-state index is 14.4. The number of hydrogen-bond donors (Lipinski definition) is 2. The molecule has 0 spiro atoms. The Bertz CT molecular complexity index is 2350. The molecule has 4 aliphatic heterocycles. The second-order valence-electron chi connectivity index (χ2n) is 20.2. The van der Waals surface area contributed by atoms with E-state index in [4.69, 9.17) is 27.2 Å². The summed E-state index contributed by atoms with van der Waals surface area (Å²) in [6.07, 6.45) is 9.63. The van der Waals surface area contributed by atoms with Crippen molar-refractivity contribution in [3.8, 4) is 17.4 Å². The van der Waals surface area contributed by atoms with Crippen LogP contribution in [0.5, 0.6) is 5.75 Å². The first kappa shape index (κ1) is 59.5. The number of imide groups is 1. The number of carbonyl (C=O) groups is 7. The topological polar surface area (TPSA) is 192 Å². The number of likely N-dealkylation sites (N-methyl/N-ethyl adjacent to an activating group) is 1. The second-order valence-corrected chi connectivity index (χ2v) is 23.0. The van der Waals surface area contributed by atoms with Crippen LogP contribution in [0.1, 0.15) is 127 Å². The highest BCUT2D eigenvalue weighted by molar-refractivity contribution is 8.03. The van der Waals surface area contributed by atoms with Crippen LogP contribution in [-0.2, 0) is 44.7 Å². The summed E-state index contributed by atoms with van der Waals surface area (Å²) in [4.78, 5) is 97.9. The van der Waals surface area contributed by atoms with Crippen LogP contribution in [0.4, 0.5) is 10.5 Å². The maximum absolute atomic E-state index is 14.4. The fraction of sp³-hybridized carbons (Fsp3) is 0.655. The molecule has 1 unspecified atom stereocenters. The first-order valence-corrected chi connectivity index (χ1v) is 27.6. The Morgan fingerprint density at radius 3 is 2.45 bits per heavy atom. The molecule has 1 saturated carbocycles. The van der Waals surface area contributed by atoms with Gasteiger partial charge in [0.2, 0.25) is 23.6 Å². The quantitative estimate of drug-likeness (QED) is 0.102. The van der Waals surface area contributed by atoms with E-state index in [9.17, 15) is 38.7 Å². The van der Waals surface area contributed by atoms with Gasteiger partial charge in [-0.05, 0) is 81.7 Å². The number of aliphatic hydroxyl groups is 1. The van der Waals surface area contributed by atoms with Crippen molar-refractivity contribution in [3.63, 3.8) is 0 Å². The number of rotatable bonds is 14. The monoisotopic (exact) mass is 1070 g/mol. The first-order valence-electron chi connectivity index (χ1n) is 25.7. The summed E-state index contributed by atoms with van der Waals surface area (Å²) in [5, 5.41) is 16.6. The van der Waals surface area contributed by atoms with E-state index >= 15 is 0 Å². The van der Waals surface area contributed by atoms with Gasteiger partial charge >= 0.3 is 6.09 Å². The number of amides is 5. The van der Waals surface area contributed by atoms with Gasteiger partial charge in [-0.3, -0.25) is 39.0 Å². The molecule has 18 heteroatoms. The molecule has 73 heavy (non-hydrogen) atoms. The number of halogens is 1. The zero-order valence-electron chi connectivity index (χ0n) is 44.5. The van der Waals surface area contributed by atoms with Crippen LogP contribution < -0.4 is 15.0 Å². The Morgan fingerprint density at radius 1 is 1.12 bits per heavy atom. The Morgan fingerprint density at radius 2 is 1.82 bits per heavy atom. The highest BCUT2D eigenvalue weighted by atomic mass is 35.5. The second kappa shape index (κ2) is 26.9. The van der Waals surface area contributed by atoms with E-state index in [0.29, 0.717) is 30.8 Å². The summed E-state index contributed by atoms with van der Waals surface area (Å²) >= 11 is 9.57. The number of alkyl carbamates (subject to hydrolysis) is 1. The number of Topliss-reactive ketones (excluding diaryl/α,β-unsaturated/α-hetero) is 2. The molecule has 1 aromatic rings. The van der Waals surface area contributed by atoms with E-state index in [0.717, 1.165) is 42.6 Å². The van der Waals surface area contributed by atoms with Crippen LogP contribution in [0.3, 0.4) is 0 Å². The summed E-state index contributed by atoms with van der Waals surface area (Å²) in [5.41, 5.74) is -0.427. The van der Waals surface area contributed by atoms with E-state index in [1.54, 1.807) is 21.0 Å². The van der Waals surface area contributed by atoms with Gasteiger partial charge in [-0.2, -0.15) is 0 Å². The van der Waals surface area contributed by atoms with Crippen molar-refractivity contribution >= 4 is 82.1 Å². The molecule has 0 aromatic heterocycles. The van der Waals surface area contributed by atoms with Crippen molar-refractivity contribution in [3.05, 3.63) is 46.5 Å². The number of nitrogens with one attached hydrogen (secondary N) is 1. The van der Waals surface area contributed by atoms with Gasteiger partial charge in [-0.1, -0.05) is 82.3 Å². The Kier molecular flexibility index (Phi) is 22.0. The number of anilines is 1. The van der Waals surface area contributed by atoms with Gasteiger partial charge in [0.05, 0.1) is 35.8 Å². The molecule has 4 fully saturated rings. The molecule has 3 saturated heterocycles. The molecule has 404 valence electrons. The predicted octanol–water partition coefficient (Wildman–Crippen LogP) is 8.80. The first-order chi connectivity index (χ1) is 34.5. The summed E-state index contributed by atoms with van der Waals surface area (Å²) in [5.74, 6) is -0.893. The molecule has 1 aliphatic carbocycles. The third-order valence-electron chi connectivity index (χ3n) is 15.4. The van der Waals surface area contributed by atoms with E-state index in [1.807, 2.05) is 78.3 Å². The standard InChI is InChI=1S/C50H69ClN4O11S.C4H6S.CH4/c1-10-37(56)34-16-14-32(15-17-34)27-55-44(60)25-41(47(55)61)67-19-18-42(58)53(7)31(5)38(57)23-35-24-43(59)54(8)36-21-33(22-39(64-9)45(36)51)20-28(2)12-11-13-29(3)50(63)26-40(65-48(62)52-50)30(4)46-49(35,6)66-46;1-3-5-4-2;/h11-13,21-22,29-32,34-35,40-41,46,63H,10,14-20,23-27H2,1-9H3,(H,52,62);1H,4H2,2H3;1H4/b13-11+,28-12+;;/t29-,30-,31+,32?,34?,35+,40+,41?,46+,49+,50+;;/m1../s1/i;1D;. The molecule has 1 aromatic carbocycles. The number of nitrogens with zero attached hydrogens (tertiary/aromatic N) is 3. The molecule has 4 heterocycles. The van der Waals surface area contributed by atoms with Gasteiger partial charge < -0.3 is 29.1 Å². The molecule has 2 N–H and O–H groups in total. The number of fused-ring (bicyclic) bond motifs is 5. The lowest BCUT2D eigenvalue weighted by Gasteiger charge is -2.41. The van der Waals surface area contributed by atoms with Gasteiger partial charge in [0, 0.05) is 94.3 Å². The zero-order chi connectivity index (χ0) is 53.9. The SMILES string of the molecule is C.CCC(=O)C1CCC(CN2C(=O)CC(SCCC(=O)N(C)[C@@H](C)C(=O)C[C@H]3CC(=O)N(C)c4cc(cc(OC)c4Cl)C/C(C)=C/C=C/[C@@H](C)[C@@]4(O)C[C@H](OC(=O)N4)[C@@H](C)[C@@H]4O[C@@]34C)C2=O)CC1.[2H]C#CSCC. The fourth-order valence-electron chi connectivity index (χ4n) is 10.3. The lowest BCUT2D eigenvalue weighted by Crippen LogP contribution is -2.60. The van der Waals surface area contributed by atoms with Gasteiger partial charge in [0.15, 0.2) is 5.78 Å². The van der Waals surface area contributed by atoms with Crippen molar-refractivity contribution in [2.45, 2.75) is 161 Å². The summed E-state index contributed by atoms with van der Waals surface area (Å²) in [6, 6.07) is 2.77. The summed E-state index contributed by atoms with van der Waals surface area (Å²) in [6.45, 7) is 13.3. The Balaban J connectivity index is 0.00000160. The number of ketones is 2. The lowest BCUT2D eigenvalue weighted by atomic mass is 9.77. The average Bonchev–Trinajstić information content (AvgIpc) is 3.99. The maximum Gasteiger partial charge on any atom is 0.409 e. The van der Waals surface area contributed by atoms with Crippen molar-refractivity contribution in [2.24, 2.45) is 29.6 Å². The van der Waals surface area contributed by atoms with Crippen LogP contribution in [-0.4, -0.2) is 130 Å². The number of terminal acetylenes is 1. The van der Waals surface area contributed by atoms with Gasteiger partial charge in [-0.15, -0.1) is 18.2 Å². The molecular weight excluding hydrogens is 992 g/mol. The normalized spacial score (nSPS) is 31.0. The van der Waals surface area contributed by atoms with Crippen molar-refractivity contribution < 1.29 is 54.2 Å². The third kappa shape index (κ3) is 15.2. The number of methoxy groups -OCH3 is 1. The van der Waals surface area contributed by atoms with Gasteiger partial charge in [0.1, 0.15) is 29.8 Å². The molecule has 0 radical (unpaired) electrons. The largest absolute Gasteiger partial charge is 0.495 e. The molecule has 9 atom stereocenters. The number of hydrogen-bond acceptors (Lipinski definition) is 13.